The lowest BCUT2D eigenvalue weighted by atomic mass is 10.0. The van der Waals surface area contributed by atoms with E-state index >= 15 is 0 Å². The number of aliphatic hydroxyl groups is 10. The monoisotopic (exact) mass is 458 g/mol. The van der Waals surface area contributed by atoms with Gasteiger partial charge in [-0.15, -0.1) is 0 Å². The van der Waals surface area contributed by atoms with Crippen LogP contribution in [0.15, 0.2) is 0 Å². The van der Waals surface area contributed by atoms with E-state index in [-0.39, 0.29) is 19.1 Å². The molecule has 13 N–H and O–H groups in total. The highest BCUT2D eigenvalue weighted by Crippen LogP contribution is 2.08. The zero-order valence-corrected chi connectivity index (χ0v) is 16.8. The van der Waals surface area contributed by atoms with E-state index in [2.05, 4.69) is 5.32 Å². The summed E-state index contributed by atoms with van der Waals surface area (Å²) >= 11 is 0. The Hall–Kier alpha value is -0.520. The smallest absolute Gasteiger partial charge is 0.111 e. The van der Waals surface area contributed by atoms with Gasteiger partial charge in [-0.3, -0.25) is 0 Å². The molecule has 188 valence electrons. The lowest BCUT2D eigenvalue weighted by Gasteiger charge is -2.28. The van der Waals surface area contributed by atoms with Crippen LogP contribution in [0.5, 0.6) is 0 Å². The first-order valence-corrected chi connectivity index (χ1v) is 9.78. The van der Waals surface area contributed by atoms with E-state index in [1.54, 1.807) is 0 Å². The molecule has 1 heterocycles. The summed E-state index contributed by atoms with van der Waals surface area (Å²) in [5.74, 6) is 0. The molecule has 1 fully saturated rings. The number of aliphatic hydroxyl groups excluding tert-OH is 10. The number of nitrogens with one attached hydrogen (secondary N) is 1. The number of ether oxygens (including phenoxy) is 1. The largest absolute Gasteiger partial charge is 0.394 e. The van der Waals surface area contributed by atoms with Crippen LogP contribution in [0.25, 0.3) is 0 Å². The first-order chi connectivity index (χ1) is 17.1. The average Bonchev–Trinajstić information content (AvgIpc) is 2.96. The van der Waals surface area contributed by atoms with Crippen molar-refractivity contribution in [3.8, 4) is 0 Å². The SMILES string of the molecule is NC[C@H](O)[C@@H](O)[C@H](O)[C@H](O)CO.OC[C@@H](O)[C@@H](O)[C@H](O)[C@@H](O)CNC1CCOCC1.[2H][2H].[2H][2H].[2H][2H]. The van der Waals surface area contributed by atoms with Crippen molar-refractivity contribution in [2.24, 2.45) is 5.73 Å². The lowest BCUT2D eigenvalue weighted by molar-refractivity contribution is -0.114. The van der Waals surface area contributed by atoms with Gasteiger partial charge in [0.15, 0.2) is 0 Å². The molecule has 0 amide bonds. The van der Waals surface area contributed by atoms with Crippen LogP contribution in [0, 0.1) is 0 Å². The summed E-state index contributed by atoms with van der Waals surface area (Å²) in [5.41, 5.74) is 4.99. The molecule has 0 unspecified atom stereocenters. The highest BCUT2D eigenvalue weighted by molar-refractivity contribution is 4.83. The van der Waals surface area contributed by atoms with Crippen LogP contribution in [0.3, 0.4) is 0 Å². The van der Waals surface area contributed by atoms with Crippen LogP contribution >= 0.6 is 0 Å². The van der Waals surface area contributed by atoms with Crippen molar-refractivity contribution in [2.45, 2.75) is 67.7 Å². The van der Waals surface area contributed by atoms with E-state index < -0.39 is 62.0 Å². The minimum atomic E-state index is -1.59. The zero-order valence-electron chi connectivity index (χ0n) is 22.8. The maximum atomic E-state index is 9.67. The van der Waals surface area contributed by atoms with Crippen LogP contribution in [0.4, 0.5) is 0 Å². The Balaban J connectivity index is -0.000000247. The Morgan fingerprint density at radius 1 is 0.767 bits per heavy atom. The van der Waals surface area contributed by atoms with Crippen LogP contribution < -0.4 is 11.1 Å². The maximum absolute atomic E-state index is 9.67. The molecular formula is C17H44N2O11. The van der Waals surface area contributed by atoms with E-state index in [4.69, 9.17) is 55.1 Å². The van der Waals surface area contributed by atoms with Gasteiger partial charge >= 0.3 is 0 Å². The van der Waals surface area contributed by atoms with Crippen molar-refractivity contribution in [1.29, 1.82) is 0 Å². The van der Waals surface area contributed by atoms with Gasteiger partial charge in [0, 0.05) is 41.3 Å². The van der Waals surface area contributed by atoms with Gasteiger partial charge in [0.25, 0.3) is 0 Å². The zero-order chi connectivity index (χ0) is 29.3. The van der Waals surface area contributed by atoms with Gasteiger partial charge in [-0.1, -0.05) is 0 Å². The van der Waals surface area contributed by atoms with E-state index in [0.717, 1.165) is 12.8 Å². The summed E-state index contributed by atoms with van der Waals surface area (Å²) in [4.78, 5) is 0. The second-order valence-corrected chi connectivity index (χ2v) is 7.13. The van der Waals surface area contributed by atoms with E-state index in [9.17, 15) is 15.3 Å². The number of rotatable bonds is 12. The third-order valence-electron chi connectivity index (χ3n) is 4.73. The second kappa shape index (κ2) is 16.2. The van der Waals surface area contributed by atoms with Crippen molar-refractivity contribution in [2.75, 3.05) is 39.5 Å². The van der Waals surface area contributed by atoms with Gasteiger partial charge in [-0.25, -0.2) is 0 Å². The first-order valence-electron chi connectivity index (χ1n) is 12.8. The Labute approximate surface area is 184 Å². The topological polar surface area (TPSA) is 250 Å². The van der Waals surface area contributed by atoms with E-state index in [1.165, 1.54) is 0 Å². The van der Waals surface area contributed by atoms with E-state index in [1.807, 2.05) is 0 Å². The van der Waals surface area contributed by atoms with Gasteiger partial charge in [-0.2, -0.15) is 0 Å². The molecule has 0 saturated carbocycles. The van der Waals surface area contributed by atoms with E-state index in [0.29, 0.717) is 13.2 Å². The van der Waals surface area contributed by atoms with Crippen LogP contribution in [0.2, 0.25) is 0 Å². The molecular weight excluding hydrogens is 408 g/mol. The van der Waals surface area contributed by atoms with Crippen molar-refractivity contribution in [1.82, 2.24) is 5.32 Å². The third-order valence-corrected chi connectivity index (χ3v) is 4.73. The Kier molecular flexibility index (Phi) is 13.0. The Morgan fingerprint density at radius 3 is 1.57 bits per heavy atom. The van der Waals surface area contributed by atoms with Crippen molar-refractivity contribution in [3.05, 3.63) is 0 Å². The summed E-state index contributed by atoms with van der Waals surface area (Å²) in [5, 5.41) is 93.7. The first kappa shape index (κ1) is 24.1. The minimum Gasteiger partial charge on any atom is -0.394 e. The molecule has 0 aliphatic carbocycles. The molecule has 1 saturated heterocycles. The fourth-order valence-corrected chi connectivity index (χ4v) is 2.58. The van der Waals surface area contributed by atoms with Crippen LogP contribution in [0.1, 0.15) is 21.8 Å². The van der Waals surface area contributed by atoms with Gasteiger partial charge in [0.2, 0.25) is 0 Å². The molecule has 1 aliphatic heterocycles. The van der Waals surface area contributed by atoms with Gasteiger partial charge in [-0.05, 0) is 12.8 Å². The molecule has 13 heteroatoms. The third kappa shape index (κ3) is 10.7. The van der Waals surface area contributed by atoms with Crippen molar-refractivity contribution < 1.29 is 64.7 Å². The van der Waals surface area contributed by atoms with Crippen molar-refractivity contribution in [3.63, 3.8) is 0 Å². The number of hydrogen-bond donors (Lipinski definition) is 12. The predicted octanol–water partition coefficient (Wildman–Crippen LogP) is -5.69. The molecule has 0 aromatic rings. The van der Waals surface area contributed by atoms with Crippen molar-refractivity contribution >= 4 is 0 Å². The normalized spacial score (nSPS) is 24.1. The lowest BCUT2D eigenvalue weighted by Crippen LogP contribution is -2.50. The summed E-state index contributed by atoms with van der Waals surface area (Å²) in [6.07, 6.45) is -9.97. The maximum Gasteiger partial charge on any atom is 0.111 e. The highest BCUT2D eigenvalue weighted by atomic mass is 16.5. The number of hydrogen-bond acceptors (Lipinski definition) is 13. The summed E-state index contributed by atoms with van der Waals surface area (Å²) in [6.45, 7) is -0.129. The number of nitrogens with two attached hydrogens (primary N) is 1. The molecule has 0 radical (unpaired) electrons. The highest BCUT2D eigenvalue weighted by Gasteiger charge is 2.30. The fourth-order valence-electron chi connectivity index (χ4n) is 2.58. The molecule has 8 atom stereocenters. The summed E-state index contributed by atoms with van der Waals surface area (Å²) in [6, 6.07) is 0.223. The molecule has 1 aliphatic rings. The summed E-state index contributed by atoms with van der Waals surface area (Å²) in [7, 11) is 0. The minimum absolute atomic E-state index is 0.112. The molecule has 0 aromatic heterocycles. The molecule has 1 rings (SSSR count). The van der Waals surface area contributed by atoms with Gasteiger partial charge in [0.1, 0.15) is 36.6 Å². The quantitative estimate of drug-likeness (QED) is 0.130. The van der Waals surface area contributed by atoms with Gasteiger partial charge < -0.3 is 66.9 Å². The van der Waals surface area contributed by atoms with Crippen LogP contribution in [-0.4, -0.2) is 145 Å². The molecule has 0 aromatic carbocycles. The fraction of sp³-hybridized carbons (Fsp3) is 1.00. The molecule has 30 heavy (non-hydrogen) atoms. The molecule has 0 spiro atoms. The summed E-state index contributed by atoms with van der Waals surface area (Å²) < 4.78 is 35.2. The standard InChI is InChI=1S/C11H23NO6.C6H15NO5.3H2/c13-6-9(15)11(17)10(16)8(14)5-12-7-1-3-18-4-2-7;7-1-3(9)5(11)6(12)4(10)2-8;;;/h7-17H,1-6H2;3-6,8-12H,1-2,7H2;3*1H/t8-,9+,10+,11+;3-,4+,5+,6+;;;/m00.../s1/i;;3*1+1D. The molecule has 13 nitrogen and oxygen atoms in total. The molecule has 0 bridgehead atoms. The average molecular weight is 459 g/mol. The van der Waals surface area contributed by atoms with Crippen LogP contribution in [-0.2, 0) is 4.74 Å². The Morgan fingerprint density at radius 2 is 1.17 bits per heavy atom. The second-order valence-electron chi connectivity index (χ2n) is 7.13. The van der Waals surface area contributed by atoms with Gasteiger partial charge in [0.05, 0.1) is 25.4 Å². The predicted molar refractivity (Wildman–Crippen MR) is 109 cm³/mol. The Bertz CT molecular complexity index is 427.